The van der Waals surface area contributed by atoms with Crippen molar-refractivity contribution in [3.63, 3.8) is 0 Å². The maximum absolute atomic E-state index is 12.7. The van der Waals surface area contributed by atoms with Gasteiger partial charge in [-0.15, -0.1) is 0 Å². The number of carbonyl (C=O) groups is 3. The quantitative estimate of drug-likeness (QED) is 0.227. The summed E-state index contributed by atoms with van der Waals surface area (Å²) in [7, 11) is 1.75. The van der Waals surface area contributed by atoms with E-state index in [-0.39, 0.29) is 26.2 Å². The van der Waals surface area contributed by atoms with Gasteiger partial charge < -0.3 is 24.1 Å². The zero-order valence-corrected chi connectivity index (χ0v) is 18.3. The molecular weight excluding hydrogens is 406 g/mol. The highest BCUT2D eigenvalue weighted by Gasteiger charge is 2.56. The Kier molecular flexibility index (Phi) is 8.71. The summed E-state index contributed by atoms with van der Waals surface area (Å²) in [4.78, 5) is 50.8. The minimum absolute atomic E-state index is 0.0217. The second-order valence-electron chi connectivity index (χ2n) is 6.61. The number of hydrogen-bond acceptors (Lipinski definition) is 10. The number of unbranched alkanes of at least 4 members (excludes halogenated alkanes) is 1. The molecule has 0 aliphatic rings. The Balaban J connectivity index is 2.18. The SMILES string of the molecule is CCOC(=O)C(CCCCn1cnc2c(NC)ncnc21)(C(=O)OCC)C(=O)OCC. The van der Waals surface area contributed by atoms with Crippen LogP contribution in [0.4, 0.5) is 5.82 Å². The number of imidazole rings is 1. The highest BCUT2D eigenvalue weighted by molar-refractivity contribution is 6.17. The summed E-state index contributed by atoms with van der Waals surface area (Å²) >= 11 is 0. The number of esters is 3. The molecule has 170 valence electrons. The van der Waals surface area contributed by atoms with Gasteiger partial charge in [0.05, 0.1) is 26.1 Å². The van der Waals surface area contributed by atoms with Crippen LogP contribution in [0.5, 0.6) is 0 Å². The monoisotopic (exact) mass is 435 g/mol. The van der Waals surface area contributed by atoms with Crippen LogP contribution in [0.15, 0.2) is 12.7 Å². The topological polar surface area (TPSA) is 135 Å². The van der Waals surface area contributed by atoms with Crippen molar-refractivity contribution in [1.29, 1.82) is 0 Å². The summed E-state index contributed by atoms with van der Waals surface area (Å²) in [6, 6.07) is 0. The lowest BCUT2D eigenvalue weighted by molar-refractivity contribution is -0.184. The van der Waals surface area contributed by atoms with Gasteiger partial charge in [-0.3, -0.25) is 14.4 Å². The molecule has 0 aliphatic carbocycles. The van der Waals surface area contributed by atoms with E-state index in [1.165, 1.54) is 6.33 Å². The maximum atomic E-state index is 12.7. The molecular formula is C20H29N5O6. The Morgan fingerprint density at radius 3 is 2.03 bits per heavy atom. The van der Waals surface area contributed by atoms with Gasteiger partial charge in [0.15, 0.2) is 11.5 Å². The van der Waals surface area contributed by atoms with Crippen LogP contribution in [0.3, 0.4) is 0 Å². The average Bonchev–Trinajstić information content (AvgIpc) is 3.17. The number of nitrogens with one attached hydrogen (secondary N) is 1. The molecule has 31 heavy (non-hydrogen) atoms. The molecule has 2 heterocycles. The molecule has 0 radical (unpaired) electrons. The number of anilines is 1. The molecule has 11 heteroatoms. The van der Waals surface area contributed by atoms with Gasteiger partial charge in [0.25, 0.3) is 5.41 Å². The van der Waals surface area contributed by atoms with E-state index < -0.39 is 23.3 Å². The van der Waals surface area contributed by atoms with Crippen molar-refractivity contribution >= 4 is 34.9 Å². The van der Waals surface area contributed by atoms with E-state index in [1.807, 2.05) is 4.57 Å². The lowest BCUT2D eigenvalue weighted by Gasteiger charge is -2.27. The van der Waals surface area contributed by atoms with E-state index in [4.69, 9.17) is 14.2 Å². The van der Waals surface area contributed by atoms with Crippen LogP contribution in [0.2, 0.25) is 0 Å². The van der Waals surface area contributed by atoms with E-state index >= 15 is 0 Å². The Morgan fingerprint density at radius 2 is 1.52 bits per heavy atom. The fourth-order valence-corrected chi connectivity index (χ4v) is 3.22. The van der Waals surface area contributed by atoms with Crippen molar-refractivity contribution in [2.45, 2.75) is 46.6 Å². The molecule has 0 saturated carbocycles. The van der Waals surface area contributed by atoms with Crippen LogP contribution in [0, 0.1) is 5.41 Å². The predicted molar refractivity (Wildman–Crippen MR) is 111 cm³/mol. The molecule has 0 bridgehead atoms. The first-order valence-electron chi connectivity index (χ1n) is 10.3. The Hall–Kier alpha value is -3.24. The van der Waals surface area contributed by atoms with Gasteiger partial charge >= 0.3 is 17.9 Å². The second-order valence-corrected chi connectivity index (χ2v) is 6.61. The molecule has 0 spiro atoms. The fraction of sp³-hybridized carbons (Fsp3) is 0.600. The first-order chi connectivity index (χ1) is 15.0. The third kappa shape index (κ3) is 5.09. The summed E-state index contributed by atoms with van der Waals surface area (Å²) in [6.07, 6.45) is 3.91. The van der Waals surface area contributed by atoms with Crippen molar-refractivity contribution < 1.29 is 28.6 Å². The van der Waals surface area contributed by atoms with Crippen molar-refractivity contribution in [1.82, 2.24) is 19.5 Å². The molecule has 2 rings (SSSR count). The van der Waals surface area contributed by atoms with E-state index in [0.29, 0.717) is 36.4 Å². The molecule has 0 amide bonds. The van der Waals surface area contributed by atoms with E-state index in [1.54, 1.807) is 34.1 Å². The number of rotatable bonds is 12. The number of fused-ring (bicyclic) bond motifs is 1. The number of aryl methyl sites for hydroxylation is 1. The van der Waals surface area contributed by atoms with E-state index in [9.17, 15) is 14.4 Å². The lowest BCUT2D eigenvalue weighted by Crippen LogP contribution is -2.49. The number of ether oxygens (including phenoxy) is 3. The second kappa shape index (κ2) is 11.2. The minimum atomic E-state index is -2.14. The number of aromatic nitrogens is 4. The standard InChI is InChI=1S/C20H29N5O6/c1-5-29-17(26)20(18(27)30-6-2,19(28)31-7-3)10-8-9-11-25-13-24-14-15(21-4)22-12-23-16(14)25/h12-13H,5-11H2,1-4H3,(H,21,22,23). The van der Waals surface area contributed by atoms with Crippen LogP contribution < -0.4 is 5.32 Å². The van der Waals surface area contributed by atoms with Crippen LogP contribution in [-0.4, -0.2) is 64.3 Å². The van der Waals surface area contributed by atoms with Crippen molar-refractivity contribution in [3.8, 4) is 0 Å². The fourth-order valence-electron chi connectivity index (χ4n) is 3.22. The van der Waals surface area contributed by atoms with Crippen LogP contribution in [0.25, 0.3) is 11.2 Å². The molecule has 0 atom stereocenters. The largest absolute Gasteiger partial charge is 0.465 e. The van der Waals surface area contributed by atoms with Gasteiger partial charge in [0.1, 0.15) is 11.8 Å². The van der Waals surface area contributed by atoms with Crippen LogP contribution >= 0.6 is 0 Å². The summed E-state index contributed by atoms with van der Waals surface area (Å²) in [5.74, 6) is -2.24. The van der Waals surface area contributed by atoms with E-state index in [0.717, 1.165) is 0 Å². The number of carbonyl (C=O) groups excluding carboxylic acids is 3. The predicted octanol–water partition coefficient (Wildman–Crippen LogP) is 1.71. The molecule has 2 aromatic heterocycles. The zero-order chi connectivity index (χ0) is 22.9. The summed E-state index contributed by atoms with van der Waals surface area (Å²) < 4.78 is 17.0. The normalized spacial score (nSPS) is 11.2. The summed E-state index contributed by atoms with van der Waals surface area (Å²) in [5, 5.41) is 2.96. The summed E-state index contributed by atoms with van der Waals surface area (Å²) in [5.41, 5.74) is -0.837. The number of hydrogen-bond donors (Lipinski definition) is 1. The maximum Gasteiger partial charge on any atom is 0.335 e. The third-order valence-corrected chi connectivity index (χ3v) is 4.71. The molecule has 0 aliphatic heterocycles. The smallest absolute Gasteiger partial charge is 0.335 e. The Morgan fingerprint density at radius 1 is 0.935 bits per heavy atom. The Labute approximate surface area is 180 Å². The van der Waals surface area contributed by atoms with E-state index in [2.05, 4.69) is 20.3 Å². The molecule has 0 fully saturated rings. The highest BCUT2D eigenvalue weighted by Crippen LogP contribution is 2.31. The van der Waals surface area contributed by atoms with Crippen molar-refractivity contribution in [2.75, 3.05) is 32.2 Å². The van der Waals surface area contributed by atoms with Crippen LogP contribution in [-0.2, 0) is 35.1 Å². The summed E-state index contributed by atoms with van der Waals surface area (Å²) in [6.45, 7) is 5.39. The van der Waals surface area contributed by atoms with Gasteiger partial charge in [-0.1, -0.05) is 0 Å². The molecule has 0 aromatic carbocycles. The van der Waals surface area contributed by atoms with Crippen molar-refractivity contribution in [3.05, 3.63) is 12.7 Å². The van der Waals surface area contributed by atoms with Crippen molar-refractivity contribution in [2.24, 2.45) is 5.41 Å². The number of nitrogens with zero attached hydrogens (tertiary/aromatic N) is 4. The van der Waals surface area contributed by atoms with Gasteiger partial charge in [-0.2, -0.15) is 0 Å². The first-order valence-corrected chi connectivity index (χ1v) is 10.3. The van der Waals surface area contributed by atoms with Gasteiger partial charge in [0, 0.05) is 13.6 Å². The lowest BCUT2D eigenvalue weighted by atomic mass is 9.82. The highest BCUT2D eigenvalue weighted by atomic mass is 16.6. The minimum Gasteiger partial charge on any atom is -0.465 e. The average molecular weight is 435 g/mol. The molecule has 1 N–H and O–H groups in total. The molecule has 0 saturated heterocycles. The Bertz CT molecular complexity index is 867. The van der Waals surface area contributed by atoms with Gasteiger partial charge in [-0.05, 0) is 40.0 Å². The third-order valence-electron chi connectivity index (χ3n) is 4.71. The molecule has 11 nitrogen and oxygen atoms in total. The van der Waals surface area contributed by atoms with Gasteiger partial charge in [0.2, 0.25) is 0 Å². The van der Waals surface area contributed by atoms with Crippen LogP contribution in [0.1, 0.15) is 40.0 Å². The molecule has 2 aromatic rings. The van der Waals surface area contributed by atoms with Gasteiger partial charge in [-0.25, -0.2) is 15.0 Å². The zero-order valence-electron chi connectivity index (χ0n) is 18.3. The first kappa shape index (κ1) is 24.0. The molecule has 0 unspecified atom stereocenters.